The van der Waals surface area contributed by atoms with E-state index < -0.39 is 0 Å². The Bertz CT molecular complexity index is 173. The molecule has 2 aliphatic heterocycles. The second-order valence-electron chi connectivity index (χ2n) is 4.97. The van der Waals surface area contributed by atoms with Gasteiger partial charge < -0.3 is 10.1 Å². The van der Waals surface area contributed by atoms with Gasteiger partial charge in [-0.15, -0.1) is 0 Å². The van der Waals surface area contributed by atoms with Gasteiger partial charge >= 0.3 is 0 Å². The summed E-state index contributed by atoms with van der Waals surface area (Å²) in [5.41, 5.74) is 0.527. The Morgan fingerprint density at radius 1 is 1.38 bits per heavy atom. The largest absolute Gasteiger partial charge is 0.381 e. The van der Waals surface area contributed by atoms with E-state index in [1.807, 2.05) is 0 Å². The molecule has 2 heterocycles. The average molecular weight is 183 g/mol. The van der Waals surface area contributed by atoms with Gasteiger partial charge in [-0.3, -0.25) is 0 Å². The quantitative estimate of drug-likeness (QED) is 0.667. The molecule has 0 bridgehead atoms. The molecular weight excluding hydrogens is 162 g/mol. The summed E-state index contributed by atoms with van der Waals surface area (Å²) in [6.07, 6.45) is 2.60. The number of hydrogen-bond donors (Lipinski definition) is 1. The van der Waals surface area contributed by atoms with Crippen LogP contribution in [-0.2, 0) is 4.74 Å². The zero-order chi connectivity index (χ0) is 9.31. The van der Waals surface area contributed by atoms with Crippen molar-refractivity contribution in [3.8, 4) is 0 Å². The molecule has 76 valence electrons. The molecule has 2 unspecified atom stereocenters. The van der Waals surface area contributed by atoms with Gasteiger partial charge in [0.2, 0.25) is 0 Å². The molecule has 2 saturated heterocycles. The summed E-state index contributed by atoms with van der Waals surface area (Å²) in [5.74, 6) is 1.61. The summed E-state index contributed by atoms with van der Waals surface area (Å²) in [6.45, 7) is 9.07. The van der Waals surface area contributed by atoms with Crippen molar-refractivity contribution in [3.05, 3.63) is 0 Å². The lowest BCUT2D eigenvalue weighted by Gasteiger charge is -2.43. The first-order valence-electron chi connectivity index (χ1n) is 5.53. The van der Waals surface area contributed by atoms with Crippen molar-refractivity contribution in [2.75, 3.05) is 26.3 Å². The van der Waals surface area contributed by atoms with Crippen LogP contribution in [0.1, 0.15) is 26.7 Å². The maximum atomic E-state index is 5.59. The number of piperidine rings is 1. The molecule has 2 aliphatic rings. The molecule has 0 aromatic carbocycles. The van der Waals surface area contributed by atoms with Gasteiger partial charge in [-0.2, -0.15) is 0 Å². The van der Waals surface area contributed by atoms with Crippen LogP contribution < -0.4 is 5.32 Å². The van der Waals surface area contributed by atoms with Gasteiger partial charge in [-0.05, 0) is 37.8 Å². The predicted octanol–water partition coefficient (Wildman–Crippen LogP) is 1.66. The number of rotatable bonds is 1. The van der Waals surface area contributed by atoms with E-state index in [9.17, 15) is 0 Å². The van der Waals surface area contributed by atoms with Gasteiger partial charge in [0, 0.05) is 12.0 Å². The normalized spacial score (nSPS) is 40.4. The molecule has 2 atom stereocenters. The van der Waals surface area contributed by atoms with E-state index in [1.165, 1.54) is 25.9 Å². The molecule has 0 aliphatic carbocycles. The summed E-state index contributed by atoms with van der Waals surface area (Å²) in [4.78, 5) is 0. The van der Waals surface area contributed by atoms with Crippen LogP contribution in [-0.4, -0.2) is 26.3 Å². The fraction of sp³-hybridized carbons (Fsp3) is 1.00. The Labute approximate surface area is 81.0 Å². The van der Waals surface area contributed by atoms with Crippen LogP contribution in [0.4, 0.5) is 0 Å². The van der Waals surface area contributed by atoms with Crippen LogP contribution in [0.2, 0.25) is 0 Å². The Kier molecular flexibility index (Phi) is 2.61. The smallest absolute Gasteiger partial charge is 0.0526 e. The Morgan fingerprint density at radius 2 is 2.23 bits per heavy atom. The summed E-state index contributed by atoms with van der Waals surface area (Å²) < 4.78 is 5.59. The van der Waals surface area contributed by atoms with Crippen molar-refractivity contribution in [3.63, 3.8) is 0 Å². The third-order valence-corrected chi connectivity index (χ3v) is 3.89. The van der Waals surface area contributed by atoms with Crippen molar-refractivity contribution in [2.24, 2.45) is 17.3 Å². The maximum absolute atomic E-state index is 5.59. The molecule has 13 heavy (non-hydrogen) atoms. The van der Waals surface area contributed by atoms with Gasteiger partial charge in [0.1, 0.15) is 0 Å². The molecule has 1 spiro atoms. The second-order valence-corrected chi connectivity index (χ2v) is 4.97. The standard InChI is InChI=1S/C11H21NO/c1-9(2)10-7-12-5-3-11(10)4-6-13-8-11/h9-10,12H,3-8H2,1-2H3. The zero-order valence-electron chi connectivity index (χ0n) is 8.81. The Balaban J connectivity index is 2.12. The summed E-state index contributed by atoms with van der Waals surface area (Å²) in [5, 5.41) is 3.51. The van der Waals surface area contributed by atoms with Crippen molar-refractivity contribution >= 4 is 0 Å². The number of hydrogen-bond acceptors (Lipinski definition) is 2. The fourth-order valence-corrected chi connectivity index (χ4v) is 3.05. The van der Waals surface area contributed by atoms with Crippen LogP contribution in [0.15, 0.2) is 0 Å². The van der Waals surface area contributed by atoms with E-state index >= 15 is 0 Å². The lowest BCUT2D eigenvalue weighted by atomic mass is 9.66. The highest BCUT2D eigenvalue weighted by atomic mass is 16.5. The van der Waals surface area contributed by atoms with Gasteiger partial charge in [0.25, 0.3) is 0 Å². The predicted molar refractivity (Wildman–Crippen MR) is 53.7 cm³/mol. The fourth-order valence-electron chi connectivity index (χ4n) is 3.05. The molecular formula is C11H21NO. The first-order chi connectivity index (χ1) is 6.25. The van der Waals surface area contributed by atoms with Gasteiger partial charge in [0.15, 0.2) is 0 Å². The molecule has 2 nitrogen and oxygen atoms in total. The van der Waals surface area contributed by atoms with Crippen LogP contribution in [0.25, 0.3) is 0 Å². The highest BCUT2D eigenvalue weighted by Gasteiger charge is 2.44. The molecule has 1 N–H and O–H groups in total. The van der Waals surface area contributed by atoms with E-state index in [4.69, 9.17) is 4.74 Å². The zero-order valence-corrected chi connectivity index (χ0v) is 8.81. The highest BCUT2D eigenvalue weighted by molar-refractivity contribution is 4.95. The number of nitrogens with one attached hydrogen (secondary N) is 1. The SMILES string of the molecule is CC(C)C1CNCCC12CCOC2. The van der Waals surface area contributed by atoms with Crippen molar-refractivity contribution < 1.29 is 4.74 Å². The molecule has 0 aromatic rings. The number of ether oxygens (including phenoxy) is 1. The third-order valence-electron chi connectivity index (χ3n) is 3.89. The van der Waals surface area contributed by atoms with Crippen molar-refractivity contribution in [1.29, 1.82) is 0 Å². The summed E-state index contributed by atoms with van der Waals surface area (Å²) in [6, 6.07) is 0. The lowest BCUT2D eigenvalue weighted by Crippen LogP contribution is -2.47. The minimum Gasteiger partial charge on any atom is -0.381 e. The maximum Gasteiger partial charge on any atom is 0.0526 e. The van der Waals surface area contributed by atoms with Crippen LogP contribution >= 0.6 is 0 Å². The summed E-state index contributed by atoms with van der Waals surface area (Å²) in [7, 11) is 0. The minimum absolute atomic E-state index is 0.527. The molecule has 2 rings (SSSR count). The van der Waals surface area contributed by atoms with Gasteiger partial charge in [-0.25, -0.2) is 0 Å². The van der Waals surface area contributed by atoms with Gasteiger partial charge in [-0.1, -0.05) is 13.8 Å². The van der Waals surface area contributed by atoms with Crippen LogP contribution in [0.3, 0.4) is 0 Å². The molecule has 0 saturated carbocycles. The van der Waals surface area contributed by atoms with Crippen molar-refractivity contribution in [1.82, 2.24) is 5.32 Å². The topological polar surface area (TPSA) is 21.3 Å². The first-order valence-corrected chi connectivity index (χ1v) is 5.53. The van der Waals surface area contributed by atoms with E-state index in [0.29, 0.717) is 5.41 Å². The average Bonchev–Trinajstić information content (AvgIpc) is 2.54. The van der Waals surface area contributed by atoms with Gasteiger partial charge in [0.05, 0.1) is 6.61 Å². The van der Waals surface area contributed by atoms with E-state index in [1.54, 1.807) is 0 Å². The second kappa shape index (κ2) is 3.58. The Morgan fingerprint density at radius 3 is 2.85 bits per heavy atom. The van der Waals surface area contributed by atoms with E-state index in [2.05, 4.69) is 19.2 Å². The summed E-state index contributed by atoms with van der Waals surface area (Å²) >= 11 is 0. The molecule has 2 fully saturated rings. The van der Waals surface area contributed by atoms with Crippen LogP contribution in [0, 0.1) is 17.3 Å². The molecule has 0 amide bonds. The monoisotopic (exact) mass is 183 g/mol. The Hall–Kier alpha value is -0.0800. The molecule has 2 heteroatoms. The third kappa shape index (κ3) is 1.62. The molecule has 0 aromatic heterocycles. The minimum atomic E-state index is 0.527. The highest BCUT2D eigenvalue weighted by Crippen LogP contribution is 2.44. The van der Waals surface area contributed by atoms with E-state index in [-0.39, 0.29) is 0 Å². The van der Waals surface area contributed by atoms with E-state index in [0.717, 1.165) is 25.0 Å². The van der Waals surface area contributed by atoms with Crippen molar-refractivity contribution in [2.45, 2.75) is 26.7 Å². The molecule has 0 radical (unpaired) electrons. The van der Waals surface area contributed by atoms with Crippen LogP contribution in [0.5, 0.6) is 0 Å². The first kappa shape index (κ1) is 9.47. The lowest BCUT2D eigenvalue weighted by molar-refractivity contribution is 0.0514.